The number of benzene rings is 6. The summed E-state index contributed by atoms with van der Waals surface area (Å²) >= 11 is 12.9. The van der Waals surface area contributed by atoms with Crippen molar-refractivity contribution in [1.82, 2.24) is 31.1 Å². The maximum Gasteiger partial charge on any atom is 0.262 e. The van der Waals surface area contributed by atoms with Gasteiger partial charge in [0.15, 0.2) is 0 Å². The van der Waals surface area contributed by atoms with E-state index in [0.29, 0.717) is 113 Å². The van der Waals surface area contributed by atoms with Crippen LogP contribution in [0.1, 0.15) is 174 Å². The first-order chi connectivity index (χ1) is 48.9. The zero-order valence-electron chi connectivity index (χ0n) is 58.1. The molecule has 26 heteroatoms. The van der Waals surface area contributed by atoms with E-state index in [9.17, 15) is 48.9 Å². The van der Waals surface area contributed by atoms with E-state index in [4.69, 9.17) is 32.7 Å². The Labute approximate surface area is 605 Å². The van der Waals surface area contributed by atoms with E-state index in [1.54, 1.807) is 91.0 Å². The summed E-state index contributed by atoms with van der Waals surface area (Å²) in [5.74, 6) is -4.58. The number of amides is 10. The molecule has 2 saturated heterocycles. The van der Waals surface area contributed by atoms with E-state index in [2.05, 4.69) is 54.7 Å². The number of fused-ring (bicyclic) bond motifs is 2. The number of anilines is 4. The molecule has 0 spiro atoms. The summed E-state index contributed by atoms with van der Waals surface area (Å²) in [7, 11) is 0. The third-order valence-electron chi connectivity index (χ3n) is 20.8. The van der Waals surface area contributed by atoms with Crippen LogP contribution < -0.4 is 52.0 Å². The number of carbonyl (C=O) groups is 10. The molecule has 6 aliphatic rings. The molecule has 8 N–H and O–H groups in total. The van der Waals surface area contributed by atoms with Gasteiger partial charge in [-0.3, -0.25) is 68.4 Å². The number of nitrogens with zero attached hydrogens (tertiary/aromatic N) is 4. The standard InChI is InChI=1S/C77H78Cl2N12O12/c1-74(2)70(75(3,4)72(74)102-46-18-12-41(38-80)55(78)36-46)88-62(94)40-14-23-57(85-29-10-9-28-82-44-16-21-49-53(34-44)68(100)90(66(49)98)58-24-26-60(92)86-64(58)96)52(32-40)51-33-43(15-20-48(51)63(95)89-71-76(5,6)73(77(71,7)8)103-47-19-13-42(39-81)56(79)37-47)83-30-11-31-84-45-17-22-50-54(35-45)69(101)91(67(50)99)59-25-27-61(93)87-65(59)97/h12-23,32-37,58-59,70-73,82-85H,9-11,24-31H2,1-8H3,(H,88,94)(H,89,95)(H,86,92,96)(H,87,93,97)/t58?,59?,70-,71-,72-,73-. The highest BCUT2D eigenvalue weighted by Gasteiger charge is 2.65. The second kappa shape index (κ2) is 28.2. The zero-order valence-corrected chi connectivity index (χ0v) is 59.6. The summed E-state index contributed by atoms with van der Waals surface area (Å²) < 4.78 is 13.2. The van der Waals surface area contributed by atoms with Crippen molar-refractivity contribution in [2.75, 3.05) is 47.4 Å². The largest absolute Gasteiger partial charge is 0.489 e. The predicted molar refractivity (Wildman–Crippen MR) is 385 cm³/mol. The van der Waals surface area contributed by atoms with Gasteiger partial charge < -0.3 is 41.4 Å². The number of rotatable bonds is 24. The van der Waals surface area contributed by atoms with Gasteiger partial charge in [-0.05, 0) is 135 Å². The van der Waals surface area contributed by atoms with Crippen molar-refractivity contribution in [3.8, 4) is 34.8 Å². The lowest BCUT2D eigenvalue weighted by Crippen LogP contribution is -2.74. The fourth-order valence-electron chi connectivity index (χ4n) is 16.2. The van der Waals surface area contributed by atoms with Crippen molar-refractivity contribution in [2.45, 2.75) is 137 Å². The lowest BCUT2D eigenvalue weighted by molar-refractivity contribution is -0.164. The molecule has 0 radical (unpaired) electrons. The van der Waals surface area contributed by atoms with E-state index < -0.39 is 111 Å². The summed E-state index contributed by atoms with van der Waals surface area (Å²) in [5, 5.41) is 44.5. The molecule has 103 heavy (non-hydrogen) atoms. The van der Waals surface area contributed by atoms with Crippen molar-refractivity contribution in [2.24, 2.45) is 21.7 Å². The molecule has 24 nitrogen and oxygen atoms in total. The molecule has 2 unspecified atom stereocenters. The number of imide groups is 4. The van der Waals surface area contributed by atoms with Crippen molar-refractivity contribution in [1.29, 1.82) is 10.5 Å². The molecule has 12 rings (SSSR count). The van der Waals surface area contributed by atoms with Gasteiger partial charge in [0.1, 0.15) is 47.9 Å². The van der Waals surface area contributed by atoms with Gasteiger partial charge in [-0.2, -0.15) is 10.5 Å². The molecule has 0 aromatic heterocycles. The number of hydrogen-bond acceptors (Lipinski definition) is 18. The molecule has 2 aliphatic carbocycles. The summed E-state index contributed by atoms with van der Waals surface area (Å²) in [4.78, 5) is 135. The minimum atomic E-state index is -1.10. The highest BCUT2D eigenvalue weighted by molar-refractivity contribution is 6.32. The Bertz CT molecular complexity index is 4640. The van der Waals surface area contributed by atoms with Crippen LogP contribution in [0.2, 0.25) is 10.0 Å². The molecule has 6 aromatic carbocycles. The molecule has 0 bridgehead atoms. The van der Waals surface area contributed by atoms with Crippen molar-refractivity contribution < 1.29 is 57.4 Å². The van der Waals surface area contributed by atoms with Crippen molar-refractivity contribution >= 4 is 105 Å². The third-order valence-corrected chi connectivity index (χ3v) is 21.5. The maximum atomic E-state index is 15.4. The fourth-order valence-corrected chi connectivity index (χ4v) is 16.6. The van der Waals surface area contributed by atoms with Crippen LogP contribution in [0.25, 0.3) is 11.1 Å². The highest BCUT2D eigenvalue weighted by Crippen LogP contribution is 2.57. The van der Waals surface area contributed by atoms with Crippen LogP contribution in [0.4, 0.5) is 22.7 Å². The summed E-state index contributed by atoms with van der Waals surface area (Å²) in [6.45, 7) is 17.8. The quantitative estimate of drug-likeness (QED) is 0.0206. The highest BCUT2D eigenvalue weighted by atomic mass is 35.5. The first-order valence-electron chi connectivity index (χ1n) is 34.2. The van der Waals surface area contributed by atoms with Gasteiger partial charge in [0.2, 0.25) is 23.6 Å². The van der Waals surface area contributed by atoms with Crippen LogP contribution in [0.5, 0.6) is 11.5 Å². The first-order valence-corrected chi connectivity index (χ1v) is 35.0. The topological polar surface area (TPSA) is 339 Å². The van der Waals surface area contributed by atoms with Crippen LogP contribution in [0.15, 0.2) is 109 Å². The Hall–Kier alpha value is -10.8. The first kappa shape index (κ1) is 72.0. The number of unbranched alkanes of at least 4 members (excludes halogenated alkanes) is 1. The summed E-state index contributed by atoms with van der Waals surface area (Å²) in [6, 6.07) is 31.3. The average Bonchev–Trinajstić information content (AvgIpc) is 1.56. The fraction of sp³-hybridized carbons (Fsp3) is 0.377. The lowest BCUT2D eigenvalue weighted by Gasteiger charge is -2.63. The monoisotopic (exact) mass is 1430 g/mol. The summed E-state index contributed by atoms with van der Waals surface area (Å²) in [6.07, 6.45) is 1.04. The Morgan fingerprint density at radius 3 is 1.32 bits per heavy atom. The van der Waals surface area contributed by atoms with Gasteiger partial charge in [-0.25, -0.2) is 0 Å². The molecular formula is C77H78Cl2N12O12. The molecule has 4 heterocycles. The SMILES string of the molecule is CC1(C)[C@H](NC(=O)c2ccc(NCCCCNc3ccc4c(c3)C(=O)N(C3CCC(=O)NC3=O)C4=O)c(-c3cc(NCCCNc4ccc5c(c4)C(=O)N(C4CCC(=O)NC4=O)C5=O)ccc3C(=O)N[C@H]3C(C)(C)[C@H](Oc4ccc(C#N)c(Cl)c4)C3(C)C)c2)C(C)(C)[C@H]1Oc1ccc(C#N)c(Cl)c1. The van der Waals surface area contributed by atoms with Crippen LogP contribution in [-0.2, 0) is 19.2 Å². The summed E-state index contributed by atoms with van der Waals surface area (Å²) in [5.41, 5.74) is 2.75. The zero-order chi connectivity index (χ0) is 73.8. The minimum absolute atomic E-state index is 0.000427. The van der Waals surface area contributed by atoms with Crippen LogP contribution >= 0.6 is 23.2 Å². The van der Waals surface area contributed by atoms with Gasteiger partial charge in [-0.15, -0.1) is 0 Å². The number of halogens is 2. The molecule has 4 aliphatic heterocycles. The Balaban J connectivity index is 0.804. The number of ether oxygens (including phenoxy) is 2. The van der Waals surface area contributed by atoms with Crippen LogP contribution in [-0.4, -0.2) is 131 Å². The number of nitriles is 2. The van der Waals surface area contributed by atoms with Crippen LogP contribution in [0, 0.1) is 44.3 Å². The van der Waals surface area contributed by atoms with E-state index in [1.165, 1.54) is 0 Å². The second-order valence-electron chi connectivity index (χ2n) is 29.3. The molecular weight excluding hydrogens is 1360 g/mol. The average molecular weight is 1430 g/mol. The Kier molecular flexibility index (Phi) is 19.7. The molecule has 532 valence electrons. The molecule has 10 amide bonds. The molecule has 6 aromatic rings. The Morgan fingerprint density at radius 1 is 0.476 bits per heavy atom. The van der Waals surface area contributed by atoms with E-state index in [0.717, 1.165) is 9.80 Å². The smallest absolute Gasteiger partial charge is 0.262 e. The molecule has 2 saturated carbocycles. The van der Waals surface area contributed by atoms with Gasteiger partial charge in [-0.1, -0.05) is 78.6 Å². The second-order valence-corrected chi connectivity index (χ2v) is 30.1. The minimum Gasteiger partial charge on any atom is -0.489 e. The number of carbonyl (C=O) groups excluding carboxylic acids is 10. The third kappa shape index (κ3) is 13.7. The van der Waals surface area contributed by atoms with Gasteiger partial charge in [0.05, 0.1) is 43.4 Å². The molecule has 2 atom stereocenters. The molecule has 4 fully saturated rings. The van der Waals surface area contributed by atoms with Crippen molar-refractivity contribution in [3.05, 3.63) is 164 Å². The van der Waals surface area contributed by atoms with Gasteiger partial charge >= 0.3 is 0 Å². The van der Waals surface area contributed by atoms with E-state index in [1.807, 2.05) is 73.6 Å². The van der Waals surface area contributed by atoms with Gasteiger partial charge in [0.25, 0.3) is 35.4 Å². The maximum absolute atomic E-state index is 15.4. The van der Waals surface area contributed by atoms with Gasteiger partial charge in [0, 0.05) is 124 Å². The predicted octanol–water partition coefficient (Wildman–Crippen LogP) is 10.6. The Morgan fingerprint density at radius 2 is 0.883 bits per heavy atom. The normalized spacial score (nSPS) is 21.7. The number of hydrogen-bond donors (Lipinski definition) is 8. The van der Waals surface area contributed by atoms with E-state index >= 15 is 9.59 Å². The lowest BCUT2D eigenvalue weighted by atomic mass is 9.49. The number of piperidine rings is 2. The number of nitrogens with one attached hydrogen (secondary N) is 8. The van der Waals surface area contributed by atoms with Crippen LogP contribution in [0.3, 0.4) is 0 Å². The van der Waals surface area contributed by atoms with Crippen molar-refractivity contribution in [3.63, 3.8) is 0 Å². The van der Waals surface area contributed by atoms with E-state index in [-0.39, 0.29) is 63.9 Å².